The minimum Gasteiger partial charge on any atom is -0.490 e. The minimum absolute atomic E-state index is 0.143. The summed E-state index contributed by atoms with van der Waals surface area (Å²) in [6, 6.07) is 12.0. The Morgan fingerprint density at radius 3 is 2.41 bits per heavy atom. The van der Waals surface area contributed by atoms with Crippen molar-refractivity contribution in [1.82, 2.24) is 9.80 Å². The molecule has 0 radical (unpaired) electrons. The van der Waals surface area contributed by atoms with Crippen LogP contribution in [0.3, 0.4) is 0 Å². The Morgan fingerprint density at radius 1 is 1.15 bits per heavy atom. The highest BCUT2D eigenvalue weighted by Crippen LogP contribution is 2.28. The van der Waals surface area contributed by atoms with Crippen molar-refractivity contribution in [3.8, 4) is 5.75 Å². The Morgan fingerprint density at radius 2 is 1.81 bits per heavy atom. The number of rotatable bonds is 5. The van der Waals surface area contributed by atoms with Crippen molar-refractivity contribution >= 4 is 23.2 Å². The monoisotopic (exact) mass is 389 g/mol. The Balaban J connectivity index is 1.62. The lowest BCUT2D eigenvalue weighted by molar-refractivity contribution is -0.385. The van der Waals surface area contributed by atoms with Crippen LogP contribution in [-0.2, 0) is 6.54 Å². The lowest BCUT2D eigenvalue weighted by Crippen LogP contribution is -2.48. The van der Waals surface area contributed by atoms with E-state index in [0.717, 1.165) is 19.6 Å². The van der Waals surface area contributed by atoms with E-state index in [-0.39, 0.29) is 17.3 Å². The van der Waals surface area contributed by atoms with Crippen molar-refractivity contribution < 1.29 is 14.5 Å². The van der Waals surface area contributed by atoms with Crippen molar-refractivity contribution in [1.29, 1.82) is 0 Å². The molecule has 0 aliphatic carbocycles. The zero-order chi connectivity index (χ0) is 19.4. The zero-order valence-electron chi connectivity index (χ0n) is 14.9. The van der Waals surface area contributed by atoms with Crippen molar-refractivity contribution in [2.24, 2.45) is 0 Å². The topological polar surface area (TPSA) is 75.9 Å². The Kier molecular flexibility index (Phi) is 5.93. The summed E-state index contributed by atoms with van der Waals surface area (Å²) in [7, 11) is 1.36. The number of nitro groups is 1. The lowest BCUT2D eigenvalue weighted by atomic mass is 10.1. The largest absolute Gasteiger partial charge is 0.490 e. The number of benzene rings is 2. The maximum Gasteiger partial charge on any atom is 0.311 e. The van der Waals surface area contributed by atoms with E-state index < -0.39 is 4.92 Å². The maximum atomic E-state index is 12.7. The highest BCUT2D eigenvalue weighted by atomic mass is 35.5. The summed E-state index contributed by atoms with van der Waals surface area (Å²) in [6.07, 6.45) is 0. The van der Waals surface area contributed by atoms with Crippen LogP contribution >= 0.6 is 11.6 Å². The average molecular weight is 390 g/mol. The van der Waals surface area contributed by atoms with Crippen LogP contribution in [0.4, 0.5) is 5.69 Å². The van der Waals surface area contributed by atoms with E-state index in [4.69, 9.17) is 16.3 Å². The number of ether oxygens (including phenoxy) is 1. The normalized spacial score (nSPS) is 14.8. The SMILES string of the molecule is COc1ccc(C(=O)N2CCN(Cc3ccc(Cl)cc3)CC2)cc1[N+](=O)[O-]. The molecule has 0 spiro atoms. The van der Waals surface area contributed by atoms with Gasteiger partial charge in [-0.1, -0.05) is 23.7 Å². The molecule has 0 bridgehead atoms. The number of carbonyl (C=O) groups excluding carboxylic acids is 1. The van der Waals surface area contributed by atoms with Crippen molar-refractivity contribution in [2.75, 3.05) is 33.3 Å². The molecule has 1 aliphatic rings. The van der Waals surface area contributed by atoms with Crippen molar-refractivity contribution in [3.63, 3.8) is 0 Å². The van der Waals surface area contributed by atoms with E-state index in [9.17, 15) is 14.9 Å². The fraction of sp³-hybridized carbons (Fsp3) is 0.316. The third-order valence-corrected chi connectivity index (χ3v) is 4.85. The number of carbonyl (C=O) groups is 1. The summed E-state index contributed by atoms with van der Waals surface area (Å²) in [5.74, 6) is -0.0590. The van der Waals surface area contributed by atoms with Crippen LogP contribution in [0.1, 0.15) is 15.9 Å². The first kappa shape index (κ1) is 19.1. The summed E-state index contributed by atoms with van der Waals surface area (Å²) in [4.78, 5) is 27.3. The molecule has 0 unspecified atom stereocenters. The second-order valence-corrected chi connectivity index (χ2v) is 6.77. The van der Waals surface area contributed by atoms with Gasteiger partial charge in [0.25, 0.3) is 5.91 Å². The molecule has 142 valence electrons. The molecule has 7 nitrogen and oxygen atoms in total. The molecular weight excluding hydrogens is 370 g/mol. The third kappa shape index (κ3) is 4.56. The first-order valence-corrected chi connectivity index (χ1v) is 8.94. The van der Waals surface area contributed by atoms with E-state index in [1.807, 2.05) is 24.3 Å². The maximum absolute atomic E-state index is 12.7. The van der Waals surface area contributed by atoms with E-state index in [1.54, 1.807) is 11.0 Å². The quantitative estimate of drug-likeness (QED) is 0.579. The number of halogens is 1. The molecule has 27 heavy (non-hydrogen) atoms. The number of nitrogens with zero attached hydrogens (tertiary/aromatic N) is 3. The van der Waals surface area contributed by atoms with Crippen molar-refractivity contribution in [3.05, 3.63) is 68.7 Å². The predicted molar refractivity (Wildman–Crippen MR) is 102 cm³/mol. The molecule has 1 heterocycles. The highest BCUT2D eigenvalue weighted by molar-refractivity contribution is 6.30. The van der Waals surface area contributed by atoms with Crippen molar-refractivity contribution in [2.45, 2.75) is 6.54 Å². The van der Waals surface area contributed by atoms with E-state index in [0.29, 0.717) is 23.7 Å². The van der Waals surface area contributed by atoms with Gasteiger partial charge in [0, 0.05) is 49.4 Å². The minimum atomic E-state index is -0.542. The van der Waals surface area contributed by atoms with E-state index in [2.05, 4.69) is 4.90 Å². The van der Waals surface area contributed by atoms with Crippen LogP contribution in [0.15, 0.2) is 42.5 Å². The van der Waals surface area contributed by atoms with Crippen LogP contribution < -0.4 is 4.74 Å². The molecule has 1 saturated heterocycles. The number of piperazine rings is 1. The van der Waals surface area contributed by atoms with E-state index in [1.165, 1.54) is 24.8 Å². The molecule has 0 N–H and O–H groups in total. The number of methoxy groups -OCH3 is 1. The van der Waals surface area contributed by atoms with Crippen LogP contribution in [0.2, 0.25) is 5.02 Å². The summed E-state index contributed by atoms with van der Waals surface area (Å²) < 4.78 is 4.98. The lowest BCUT2D eigenvalue weighted by Gasteiger charge is -2.34. The standard InChI is InChI=1S/C19H20ClN3O4/c1-27-18-7-4-15(12-17(18)23(25)26)19(24)22-10-8-21(9-11-22)13-14-2-5-16(20)6-3-14/h2-7,12H,8-11,13H2,1H3. The number of nitro benzene ring substituents is 1. The van der Waals surface area contributed by atoms with Crippen LogP contribution in [0.25, 0.3) is 0 Å². The molecule has 0 atom stereocenters. The molecule has 8 heteroatoms. The van der Waals surface area contributed by atoms with Gasteiger partial charge in [-0.25, -0.2) is 0 Å². The fourth-order valence-electron chi connectivity index (χ4n) is 3.11. The second-order valence-electron chi connectivity index (χ2n) is 6.34. The van der Waals surface area contributed by atoms with Crippen LogP contribution in [0.5, 0.6) is 5.75 Å². The van der Waals surface area contributed by atoms with Gasteiger partial charge in [-0.2, -0.15) is 0 Å². The molecule has 1 fully saturated rings. The first-order chi connectivity index (χ1) is 13.0. The van der Waals surface area contributed by atoms with Gasteiger partial charge in [0.05, 0.1) is 12.0 Å². The summed E-state index contributed by atoms with van der Waals surface area (Å²) in [6.45, 7) is 3.44. The van der Waals surface area contributed by atoms with Gasteiger partial charge in [-0.3, -0.25) is 19.8 Å². The molecule has 0 aromatic heterocycles. The van der Waals surface area contributed by atoms with Gasteiger partial charge in [0.15, 0.2) is 5.75 Å². The van der Waals surface area contributed by atoms with Crippen LogP contribution in [0, 0.1) is 10.1 Å². The Bertz CT molecular complexity index is 833. The number of hydrogen-bond acceptors (Lipinski definition) is 5. The molecule has 1 amide bonds. The van der Waals surface area contributed by atoms with Gasteiger partial charge < -0.3 is 9.64 Å². The summed E-state index contributed by atoms with van der Waals surface area (Å²) >= 11 is 5.91. The Labute approximate surface area is 162 Å². The number of amides is 1. The van der Waals surface area contributed by atoms with Gasteiger partial charge in [-0.15, -0.1) is 0 Å². The molecule has 1 aliphatic heterocycles. The third-order valence-electron chi connectivity index (χ3n) is 4.60. The van der Waals surface area contributed by atoms with Gasteiger partial charge in [-0.05, 0) is 29.8 Å². The average Bonchev–Trinajstić information content (AvgIpc) is 2.69. The molecule has 2 aromatic rings. The molecule has 3 rings (SSSR count). The van der Waals surface area contributed by atoms with Crippen LogP contribution in [-0.4, -0.2) is 53.9 Å². The molecule has 0 saturated carbocycles. The van der Waals surface area contributed by atoms with E-state index >= 15 is 0 Å². The highest BCUT2D eigenvalue weighted by Gasteiger charge is 2.25. The molecular formula is C19H20ClN3O4. The smallest absolute Gasteiger partial charge is 0.311 e. The summed E-state index contributed by atoms with van der Waals surface area (Å²) in [5.41, 5.74) is 1.27. The zero-order valence-corrected chi connectivity index (χ0v) is 15.7. The fourth-order valence-corrected chi connectivity index (χ4v) is 3.23. The van der Waals surface area contributed by atoms with Gasteiger partial charge >= 0.3 is 5.69 Å². The number of hydrogen-bond donors (Lipinski definition) is 0. The Hall–Kier alpha value is -2.64. The predicted octanol–water partition coefficient (Wildman–Crippen LogP) is 3.21. The van der Waals surface area contributed by atoms with Gasteiger partial charge in [0.1, 0.15) is 0 Å². The summed E-state index contributed by atoms with van der Waals surface area (Å²) in [5, 5.41) is 11.9. The van der Waals surface area contributed by atoms with Gasteiger partial charge in [0.2, 0.25) is 0 Å². The first-order valence-electron chi connectivity index (χ1n) is 8.56. The second kappa shape index (κ2) is 8.37. The molecule has 2 aromatic carbocycles.